The van der Waals surface area contributed by atoms with Gasteiger partial charge < -0.3 is 9.79 Å². The molecular formula is C9H20NO5PS. The number of sulfone groups is 1. The number of hydrogen-bond donors (Lipinski definition) is 2. The van der Waals surface area contributed by atoms with Crippen LogP contribution in [0.1, 0.15) is 27.2 Å². The van der Waals surface area contributed by atoms with Gasteiger partial charge in [-0.05, 0) is 27.2 Å². The van der Waals surface area contributed by atoms with E-state index in [1.807, 2.05) is 20.8 Å². The molecule has 102 valence electrons. The molecule has 0 aromatic rings. The van der Waals surface area contributed by atoms with Crippen molar-refractivity contribution in [2.45, 2.75) is 38.8 Å². The minimum Gasteiger partial charge on any atom is -0.324 e. The summed E-state index contributed by atoms with van der Waals surface area (Å²) in [6, 6.07) is -0.298. The van der Waals surface area contributed by atoms with Crippen molar-refractivity contribution in [2.24, 2.45) is 0 Å². The van der Waals surface area contributed by atoms with Crippen LogP contribution in [0.4, 0.5) is 0 Å². The van der Waals surface area contributed by atoms with E-state index in [0.717, 1.165) is 0 Å². The van der Waals surface area contributed by atoms with Crippen LogP contribution in [0.25, 0.3) is 0 Å². The topological polar surface area (TPSA) is 94.9 Å². The van der Waals surface area contributed by atoms with Crippen LogP contribution >= 0.6 is 7.60 Å². The fourth-order valence-electron chi connectivity index (χ4n) is 2.09. The highest BCUT2D eigenvalue weighted by atomic mass is 32.2. The van der Waals surface area contributed by atoms with Crippen molar-refractivity contribution in [3.63, 3.8) is 0 Å². The molecule has 0 spiro atoms. The number of hydrogen-bond acceptors (Lipinski definition) is 4. The van der Waals surface area contributed by atoms with Crippen molar-refractivity contribution in [3.05, 3.63) is 0 Å². The molecule has 1 unspecified atom stereocenters. The average Bonchev–Trinajstić information content (AvgIpc) is 2.38. The Morgan fingerprint density at radius 1 is 1.35 bits per heavy atom. The summed E-state index contributed by atoms with van der Waals surface area (Å²) >= 11 is 0. The molecule has 1 aliphatic heterocycles. The summed E-state index contributed by atoms with van der Waals surface area (Å²) in [6.07, 6.45) is 0.0519. The van der Waals surface area contributed by atoms with Gasteiger partial charge in [-0.3, -0.25) is 9.46 Å². The lowest BCUT2D eigenvalue weighted by Gasteiger charge is -2.39. The van der Waals surface area contributed by atoms with Gasteiger partial charge in [-0.1, -0.05) is 0 Å². The highest BCUT2D eigenvalue weighted by molar-refractivity contribution is 7.91. The Morgan fingerprint density at radius 3 is 2.18 bits per heavy atom. The molecule has 1 saturated heterocycles. The van der Waals surface area contributed by atoms with E-state index in [1.165, 1.54) is 0 Å². The van der Waals surface area contributed by atoms with Crippen LogP contribution < -0.4 is 0 Å². The summed E-state index contributed by atoms with van der Waals surface area (Å²) in [5, 5.41) is 0. The first-order valence-electron chi connectivity index (χ1n) is 5.42. The molecule has 17 heavy (non-hydrogen) atoms. The average molecular weight is 285 g/mol. The van der Waals surface area contributed by atoms with Crippen LogP contribution in [-0.2, 0) is 14.4 Å². The first kappa shape index (κ1) is 15.1. The van der Waals surface area contributed by atoms with E-state index >= 15 is 0 Å². The predicted octanol–water partition coefficient (Wildman–Crippen LogP) is 0.409. The quantitative estimate of drug-likeness (QED) is 0.729. The normalized spacial score (nSPS) is 25.4. The van der Waals surface area contributed by atoms with E-state index in [-0.39, 0.29) is 17.5 Å². The molecule has 0 amide bonds. The molecule has 0 aromatic carbocycles. The fraction of sp³-hybridized carbons (Fsp3) is 1.00. The third-order valence-corrected chi connectivity index (χ3v) is 5.27. The molecule has 1 heterocycles. The van der Waals surface area contributed by atoms with Crippen LogP contribution in [0.2, 0.25) is 0 Å². The zero-order chi connectivity index (χ0) is 13.5. The molecule has 0 aliphatic carbocycles. The highest BCUT2D eigenvalue weighted by Crippen LogP contribution is 2.39. The van der Waals surface area contributed by atoms with Gasteiger partial charge in [-0.15, -0.1) is 0 Å². The van der Waals surface area contributed by atoms with Crippen molar-refractivity contribution in [1.29, 1.82) is 0 Å². The van der Waals surface area contributed by atoms with Gasteiger partial charge in [0, 0.05) is 11.6 Å². The first-order valence-corrected chi connectivity index (χ1v) is 9.04. The fourth-order valence-corrected chi connectivity index (χ4v) is 4.88. The monoisotopic (exact) mass is 285 g/mol. The Morgan fingerprint density at radius 2 is 1.88 bits per heavy atom. The molecular weight excluding hydrogens is 265 g/mol. The first-order chi connectivity index (χ1) is 7.41. The van der Waals surface area contributed by atoms with Crippen molar-refractivity contribution < 1.29 is 22.8 Å². The van der Waals surface area contributed by atoms with Crippen LogP contribution in [0, 0.1) is 0 Å². The SMILES string of the molecule is CC(C)(C)N(CP(=O)(O)O)C1CCS(=O)(=O)C1. The molecule has 0 bridgehead atoms. The van der Waals surface area contributed by atoms with E-state index in [0.29, 0.717) is 6.42 Å². The van der Waals surface area contributed by atoms with Gasteiger partial charge >= 0.3 is 7.60 Å². The predicted molar refractivity (Wildman–Crippen MR) is 65.6 cm³/mol. The summed E-state index contributed by atoms with van der Waals surface area (Å²) in [4.78, 5) is 19.7. The second-order valence-corrected chi connectivity index (χ2v) is 9.34. The maximum absolute atomic E-state index is 11.4. The second-order valence-electron chi connectivity index (χ2n) is 5.50. The van der Waals surface area contributed by atoms with E-state index < -0.39 is 29.3 Å². The molecule has 0 saturated carbocycles. The lowest BCUT2D eigenvalue weighted by atomic mass is 10.0. The lowest BCUT2D eigenvalue weighted by Crippen LogP contribution is -2.49. The Bertz CT molecular complexity index is 421. The van der Waals surface area contributed by atoms with Gasteiger partial charge in [0.1, 0.15) is 6.29 Å². The van der Waals surface area contributed by atoms with E-state index in [9.17, 15) is 13.0 Å². The Balaban J connectivity index is 2.90. The minimum atomic E-state index is -4.18. The van der Waals surface area contributed by atoms with Crippen LogP contribution in [-0.4, -0.2) is 52.5 Å². The summed E-state index contributed by atoms with van der Waals surface area (Å²) in [7, 11) is -7.23. The van der Waals surface area contributed by atoms with Crippen molar-refractivity contribution in [2.75, 3.05) is 17.8 Å². The summed E-state index contributed by atoms with van der Waals surface area (Å²) in [5.41, 5.74) is -0.467. The maximum Gasteiger partial charge on any atom is 0.339 e. The zero-order valence-corrected chi connectivity index (χ0v) is 12.0. The van der Waals surface area contributed by atoms with Gasteiger partial charge in [0.15, 0.2) is 9.84 Å². The molecule has 8 heteroatoms. The number of rotatable bonds is 3. The van der Waals surface area contributed by atoms with Crippen molar-refractivity contribution in [1.82, 2.24) is 4.90 Å². The number of nitrogens with zero attached hydrogens (tertiary/aromatic N) is 1. The van der Waals surface area contributed by atoms with E-state index in [4.69, 9.17) is 9.79 Å². The Kier molecular flexibility index (Phi) is 4.11. The van der Waals surface area contributed by atoms with Gasteiger partial charge in [0.25, 0.3) is 0 Å². The zero-order valence-electron chi connectivity index (χ0n) is 10.3. The second kappa shape index (κ2) is 4.63. The molecule has 0 aromatic heterocycles. The van der Waals surface area contributed by atoms with Gasteiger partial charge in [-0.25, -0.2) is 8.42 Å². The molecule has 1 fully saturated rings. The summed E-state index contributed by atoms with van der Waals surface area (Å²) in [6.45, 7) is 5.48. The third-order valence-electron chi connectivity index (χ3n) is 2.85. The molecule has 0 radical (unpaired) electrons. The van der Waals surface area contributed by atoms with Crippen molar-refractivity contribution >= 4 is 17.4 Å². The third kappa shape index (κ3) is 4.67. The lowest BCUT2D eigenvalue weighted by molar-refractivity contribution is 0.108. The molecule has 2 N–H and O–H groups in total. The molecule has 1 atom stereocenters. The maximum atomic E-state index is 11.4. The molecule has 1 aliphatic rings. The largest absolute Gasteiger partial charge is 0.339 e. The van der Waals surface area contributed by atoms with E-state index in [1.54, 1.807) is 4.90 Å². The molecule has 6 nitrogen and oxygen atoms in total. The van der Waals surface area contributed by atoms with Gasteiger partial charge in [0.2, 0.25) is 0 Å². The minimum absolute atomic E-state index is 0.00965. The van der Waals surface area contributed by atoms with Crippen LogP contribution in [0.5, 0.6) is 0 Å². The van der Waals surface area contributed by atoms with Gasteiger partial charge in [-0.2, -0.15) is 0 Å². The summed E-state index contributed by atoms with van der Waals surface area (Å²) in [5.74, 6) is 0.0929. The smallest absolute Gasteiger partial charge is 0.324 e. The van der Waals surface area contributed by atoms with Crippen LogP contribution in [0.3, 0.4) is 0 Å². The standard InChI is InChI=1S/C9H20NO5PS/c1-9(2,3)10(7-16(11,12)13)8-4-5-17(14,15)6-8/h8H,4-7H2,1-3H3,(H2,11,12,13). The molecule has 1 rings (SSSR count). The van der Waals surface area contributed by atoms with Gasteiger partial charge in [0.05, 0.1) is 11.5 Å². The Hall–Kier alpha value is 0.0600. The van der Waals surface area contributed by atoms with E-state index in [2.05, 4.69) is 0 Å². The Labute approximate surface area is 102 Å². The van der Waals surface area contributed by atoms with Crippen molar-refractivity contribution in [3.8, 4) is 0 Å². The van der Waals surface area contributed by atoms with Crippen LogP contribution in [0.15, 0.2) is 0 Å². The summed E-state index contributed by atoms with van der Waals surface area (Å²) < 4.78 is 33.9. The highest BCUT2D eigenvalue weighted by Gasteiger charge is 2.39.